The second kappa shape index (κ2) is 11.6. The van der Waals surface area contributed by atoms with Crippen molar-refractivity contribution in [2.75, 3.05) is 6.61 Å². The van der Waals surface area contributed by atoms with Crippen molar-refractivity contribution in [2.24, 2.45) is 0 Å². The Kier molecular flexibility index (Phi) is 8.30. The highest BCUT2D eigenvalue weighted by atomic mass is 16.8. The van der Waals surface area contributed by atoms with Gasteiger partial charge >= 0.3 is 0 Å². The van der Waals surface area contributed by atoms with Crippen LogP contribution in [0.25, 0.3) is 22.3 Å². The molecule has 1 aromatic heterocycles. The van der Waals surface area contributed by atoms with Crippen LogP contribution in [0.5, 0.6) is 23.0 Å². The Morgan fingerprint density at radius 1 is 0.810 bits per heavy atom. The maximum absolute atomic E-state index is 13.7. The van der Waals surface area contributed by atoms with Gasteiger partial charge in [0.25, 0.3) is 0 Å². The minimum absolute atomic E-state index is 0.112. The third kappa shape index (κ3) is 5.37. The van der Waals surface area contributed by atoms with E-state index in [-0.39, 0.29) is 22.7 Å². The highest BCUT2D eigenvalue weighted by Gasteiger charge is 2.51. The van der Waals surface area contributed by atoms with Crippen LogP contribution >= 0.6 is 0 Å². The van der Waals surface area contributed by atoms with Gasteiger partial charge in [0.05, 0.1) is 12.7 Å². The predicted octanol–water partition coefficient (Wildman–Crippen LogP) is -1.39. The Morgan fingerprint density at radius 2 is 1.50 bits per heavy atom. The van der Waals surface area contributed by atoms with E-state index in [0.717, 1.165) is 12.1 Å². The summed E-state index contributed by atoms with van der Waals surface area (Å²) >= 11 is 0. The molecular weight excluding hydrogens is 564 g/mol. The average Bonchev–Trinajstić information content (AvgIpc) is 2.95. The van der Waals surface area contributed by atoms with E-state index in [1.54, 1.807) is 0 Å². The molecule has 15 nitrogen and oxygen atoms in total. The first-order valence-corrected chi connectivity index (χ1v) is 12.9. The molecule has 0 spiro atoms. The largest absolute Gasteiger partial charge is 0.508 e. The van der Waals surface area contributed by atoms with Gasteiger partial charge in [0, 0.05) is 17.7 Å². The molecule has 15 heteroatoms. The van der Waals surface area contributed by atoms with Gasteiger partial charge in [-0.05, 0) is 31.2 Å². The van der Waals surface area contributed by atoms with Crippen LogP contribution in [-0.4, -0.2) is 114 Å². The number of aromatic hydroxyl groups is 3. The molecule has 2 fully saturated rings. The molecule has 9 N–H and O–H groups in total. The summed E-state index contributed by atoms with van der Waals surface area (Å²) in [4.78, 5) is 13.7. The fraction of sp³-hybridized carbons (Fsp3) is 0.444. The second-order valence-electron chi connectivity index (χ2n) is 10.1. The standard InChI is InChI=1S/C27H30O15/c1-9-17(32)20(35)22(37)26(38-9)42-25-21(36)18(33)15(8-28)40-27(25)41-24-19(34)16-13(31)6-12(30)7-14(16)39-23(24)10-2-4-11(29)5-3-10/h2-7,9,15,17-18,20-22,25-33,35-37H,8H2,1H3/t9-,15+,17-,18+,20+,21-,22-,25+,26+,27-/m0/s1. The molecule has 0 aliphatic carbocycles. The van der Waals surface area contributed by atoms with Gasteiger partial charge in [-0.1, -0.05) is 0 Å². The minimum Gasteiger partial charge on any atom is -0.508 e. The first-order chi connectivity index (χ1) is 19.9. The van der Waals surface area contributed by atoms with Crippen molar-refractivity contribution in [1.82, 2.24) is 0 Å². The Balaban J connectivity index is 1.60. The molecule has 2 saturated heterocycles. The highest BCUT2D eigenvalue weighted by Crippen LogP contribution is 2.38. The summed E-state index contributed by atoms with van der Waals surface area (Å²) in [6.07, 6.45) is -16.3. The molecule has 0 amide bonds. The van der Waals surface area contributed by atoms with E-state index in [9.17, 15) is 50.8 Å². The van der Waals surface area contributed by atoms with Crippen molar-refractivity contribution in [2.45, 2.75) is 68.3 Å². The molecule has 0 unspecified atom stereocenters. The summed E-state index contributed by atoms with van der Waals surface area (Å²) in [5.74, 6) is -2.03. The molecule has 2 aliphatic heterocycles. The van der Waals surface area contributed by atoms with Crippen molar-refractivity contribution in [3.63, 3.8) is 0 Å². The van der Waals surface area contributed by atoms with E-state index < -0.39 is 96.1 Å². The van der Waals surface area contributed by atoms with E-state index in [2.05, 4.69) is 0 Å². The zero-order valence-electron chi connectivity index (χ0n) is 21.9. The van der Waals surface area contributed by atoms with Gasteiger partial charge in [-0.2, -0.15) is 0 Å². The highest BCUT2D eigenvalue weighted by molar-refractivity contribution is 5.88. The monoisotopic (exact) mass is 594 g/mol. The molecule has 2 aromatic carbocycles. The molecule has 3 aromatic rings. The Bertz CT molecular complexity index is 1470. The number of rotatable bonds is 6. The SMILES string of the molecule is C[C@@H]1O[C@H](O[C@H]2[C@H](Oc3c(-c4ccc(O)cc4)oc4cc(O)cc(O)c4c3=O)O[C@H](CO)[C@@H](O)[C@@H]2O)[C@@H](O)[C@H](O)[C@H]1O. The molecule has 0 bridgehead atoms. The van der Waals surface area contributed by atoms with Gasteiger partial charge in [-0.25, -0.2) is 0 Å². The van der Waals surface area contributed by atoms with Crippen LogP contribution in [-0.2, 0) is 14.2 Å². The molecule has 0 saturated carbocycles. The minimum atomic E-state index is -1.87. The second-order valence-corrected chi connectivity index (χ2v) is 10.1. The third-order valence-electron chi connectivity index (χ3n) is 7.21. The van der Waals surface area contributed by atoms with E-state index in [1.165, 1.54) is 31.2 Å². The number of hydrogen-bond donors (Lipinski definition) is 9. The summed E-state index contributed by atoms with van der Waals surface area (Å²) in [5, 5.41) is 91.6. The van der Waals surface area contributed by atoms with Crippen LogP contribution in [0.3, 0.4) is 0 Å². The molecule has 42 heavy (non-hydrogen) atoms. The Labute approximate surface area is 236 Å². The zero-order valence-corrected chi connectivity index (χ0v) is 21.9. The maximum atomic E-state index is 13.7. The maximum Gasteiger partial charge on any atom is 0.239 e. The summed E-state index contributed by atoms with van der Waals surface area (Å²) in [6.45, 7) is 0.593. The molecule has 2 aliphatic rings. The fourth-order valence-electron chi connectivity index (χ4n) is 4.87. The van der Waals surface area contributed by atoms with Crippen molar-refractivity contribution >= 4 is 11.0 Å². The van der Waals surface area contributed by atoms with Gasteiger partial charge in [0.2, 0.25) is 17.5 Å². The van der Waals surface area contributed by atoms with Crippen LogP contribution in [0, 0.1) is 0 Å². The van der Waals surface area contributed by atoms with Crippen molar-refractivity contribution < 1.29 is 69.3 Å². The van der Waals surface area contributed by atoms with Crippen molar-refractivity contribution in [3.05, 3.63) is 46.6 Å². The normalized spacial score (nSPS) is 33.5. The van der Waals surface area contributed by atoms with Gasteiger partial charge < -0.3 is 69.3 Å². The number of aliphatic hydroxyl groups is 6. The number of hydrogen-bond acceptors (Lipinski definition) is 15. The fourth-order valence-corrected chi connectivity index (χ4v) is 4.87. The van der Waals surface area contributed by atoms with Gasteiger partial charge in [-0.3, -0.25) is 4.79 Å². The lowest BCUT2D eigenvalue weighted by Crippen LogP contribution is -2.64. The number of phenols is 3. The zero-order chi connectivity index (χ0) is 30.5. The van der Waals surface area contributed by atoms with Gasteiger partial charge in [0.1, 0.15) is 64.8 Å². The van der Waals surface area contributed by atoms with E-state index in [0.29, 0.717) is 0 Å². The lowest BCUT2D eigenvalue weighted by Gasteiger charge is -2.45. The Morgan fingerprint density at radius 3 is 2.17 bits per heavy atom. The Hall–Kier alpha value is -3.51. The summed E-state index contributed by atoms with van der Waals surface area (Å²) in [5.41, 5.74) is -0.995. The van der Waals surface area contributed by atoms with Crippen LogP contribution in [0.15, 0.2) is 45.6 Å². The first-order valence-electron chi connectivity index (χ1n) is 12.9. The third-order valence-corrected chi connectivity index (χ3v) is 7.21. The van der Waals surface area contributed by atoms with Crippen molar-refractivity contribution in [3.8, 4) is 34.3 Å². The number of phenolic OH excluding ortho intramolecular Hbond substituents is 3. The number of benzene rings is 2. The molecule has 0 radical (unpaired) electrons. The summed E-state index contributed by atoms with van der Waals surface area (Å²) in [7, 11) is 0. The lowest BCUT2D eigenvalue weighted by atomic mass is 9.97. The van der Waals surface area contributed by atoms with Gasteiger partial charge in [0.15, 0.2) is 18.2 Å². The van der Waals surface area contributed by atoms with Crippen LogP contribution < -0.4 is 10.2 Å². The summed E-state index contributed by atoms with van der Waals surface area (Å²) < 4.78 is 28.5. The number of aliphatic hydroxyl groups excluding tert-OH is 6. The number of ether oxygens (including phenoxy) is 4. The molecule has 5 rings (SSSR count). The van der Waals surface area contributed by atoms with E-state index in [1.807, 2.05) is 0 Å². The molecular formula is C27H30O15. The van der Waals surface area contributed by atoms with E-state index >= 15 is 0 Å². The van der Waals surface area contributed by atoms with E-state index in [4.69, 9.17) is 23.4 Å². The van der Waals surface area contributed by atoms with Crippen LogP contribution in [0.2, 0.25) is 0 Å². The number of fused-ring (bicyclic) bond motifs is 1. The van der Waals surface area contributed by atoms with Gasteiger partial charge in [-0.15, -0.1) is 0 Å². The average molecular weight is 595 g/mol. The molecule has 3 heterocycles. The smallest absolute Gasteiger partial charge is 0.239 e. The first kappa shape index (κ1) is 30.0. The topological polar surface area (TPSA) is 249 Å². The molecule has 228 valence electrons. The quantitative estimate of drug-likeness (QED) is 0.159. The van der Waals surface area contributed by atoms with Crippen molar-refractivity contribution in [1.29, 1.82) is 0 Å². The lowest BCUT2D eigenvalue weighted by molar-refractivity contribution is -0.354. The summed E-state index contributed by atoms with van der Waals surface area (Å²) in [6, 6.07) is 7.31. The van der Waals surface area contributed by atoms with Crippen LogP contribution in [0.4, 0.5) is 0 Å². The molecule has 10 atom stereocenters. The predicted molar refractivity (Wildman–Crippen MR) is 139 cm³/mol. The van der Waals surface area contributed by atoms with Crippen LogP contribution in [0.1, 0.15) is 6.92 Å².